The number of aliphatic hydroxyl groups excluding tert-OH is 1. The molecule has 0 spiro atoms. The lowest BCUT2D eigenvalue weighted by molar-refractivity contribution is -0.127. The van der Waals surface area contributed by atoms with Crippen LogP contribution in [0.25, 0.3) is 0 Å². The molecule has 1 aliphatic rings. The lowest BCUT2D eigenvalue weighted by Crippen LogP contribution is -2.30. The average molecular weight is 235 g/mol. The van der Waals surface area contributed by atoms with Crippen LogP contribution in [0.3, 0.4) is 0 Å². The van der Waals surface area contributed by atoms with Crippen LogP contribution in [0.15, 0.2) is 0 Å². The second-order valence-electron chi connectivity index (χ2n) is 3.36. The Hall–Kier alpha value is 0.130. The van der Waals surface area contributed by atoms with Crippen LogP contribution in [-0.2, 0) is 4.79 Å². The molecule has 1 unspecified atom stereocenters. The number of aliphatic hydroxyl groups is 1. The van der Waals surface area contributed by atoms with Crippen molar-refractivity contribution in [3.63, 3.8) is 0 Å². The van der Waals surface area contributed by atoms with E-state index >= 15 is 0 Å². The lowest BCUT2D eigenvalue weighted by Gasteiger charge is -2.19. The Labute approximate surface area is 94.6 Å². The minimum Gasteiger partial charge on any atom is -0.396 e. The summed E-state index contributed by atoms with van der Waals surface area (Å²) in [5.74, 6) is 0.780. The summed E-state index contributed by atoms with van der Waals surface area (Å²) in [7, 11) is 0. The van der Waals surface area contributed by atoms with Gasteiger partial charge in [-0.25, -0.2) is 0 Å². The molecule has 5 heteroatoms. The number of hydrogen-bond donors (Lipinski definition) is 2. The highest BCUT2D eigenvalue weighted by Crippen LogP contribution is 2.27. The molecule has 0 aromatic rings. The highest BCUT2D eigenvalue weighted by atomic mass is 32.2. The van der Waals surface area contributed by atoms with Crippen molar-refractivity contribution in [3.8, 4) is 0 Å². The smallest absolute Gasteiger partial charge is 0.234 e. The van der Waals surface area contributed by atoms with Crippen molar-refractivity contribution in [2.45, 2.75) is 30.4 Å². The molecule has 1 heterocycles. The predicted octanol–water partition coefficient (Wildman–Crippen LogP) is 1.33. The van der Waals surface area contributed by atoms with Gasteiger partial charge in [0.25, 0.3) is 0 Å². The Morgan fingerprint density at radius 1 is 1.43 bits per heavy atom. The number of nitrogens with zero attached hydrogens (tertiary/aromatic N) is 1. The molecule has 1 amide bonds. The second-order valence-corrected chi connectivity index (χ2v) is 5.27. The zero-order chi connectivity index (χ0) is 10.4. The Kier molecular flexibility index (Phi) is 5.74. The maximum absolute atomic E-state index is 11.3. The molecule has 0 aromatic carbocycles. The molecule has 0 bridgehead atoms. The van der Waals surface area contributed by atoms with Gasteiger partial charge >= 0.3 is 0 Å². The van der Waals surface area contributed by atoms with Crippen molar-refractivity contribution in [1.29, 1.82) is 0 Å². The molecule has 0 aliphatic carbocycles. The SMILES string of the molecule is O=C1CSC(S)N1CCCCCCO. The summed E-state index contributed by atoms with van der Waals surface area (Å²) < 4.78 is 0.0559. The van der Waals surface area contributed by atoms with Crippen LogP contribution in [0.2, 0.25) is 0 Å². The van der Waals surface area contributed by atoms with Crippen LogP contribution in [0, 0.1) is 0 Å². The monoisotopic (exact) mass is 235 g/mol. The molecular weight excluding hydrogens is 218 g/mol. The van der Waals surface area contributed by atoms with E-state index in [1.807, 2.05) is 4.90 Å². The van der Waals surface area contributed by atoms with E-state index in [-0.39, 0.29) is 17.2 Å². The number of thioether (sulfide) groups is 1. The van der Waals surface area contributed by atoms with Crippen molar-refractivity contribution < 1.29 is 9.90 Å². The number of unbranched alkanes of at least 4 members (excludes halogenated alkanes) is 3. The van der Waals surface area contributed by atoms with Gasteiger partial charge in [0.05, 0.1) is 5.75 Å². The molecule has 1 atom stereocenters. The first-order valence-corrected chi connectivity index (χ1v) is 6.52. The first kappa shape index (κ1) is 12.2. The maximum atomic E-state index is 11.3. The van der Waals surface area contributed by atoms with Gasteiger partial charge in [-0.3, -0.25) is 4.79 Å². The molecule has 1 N–H and O–H groups in total. The lowest BCUT2D eigenvalue weighted by atomic mass is 10.2. The molecule has 82 valence electrons. The fourth-order valence-electron chi connectivity index (χ4n) is 1.42. The summed E-state index contributed by atoms with van der Waals surface area (Å²) in [5.41, 5.74) is 0. The van der Waals surface area contributed by atoms with E-state index in [9.17, 15) is 4.79 Å². The number of carbonyl (C=O) groups is 1. The molecule has 0 aromatic heterocycles. The quantitative estimate of drug-likeness (QED) is 0.539. The molecule has 1 saturated heterocycles. The van der Waals surface area contributed by atoms with Crippen molar-refractivity contribution in [3.05, 3.63) is 0 Å². The standard InChI is InChI=1S/C9H17NO2S2/c11-6-4-2-1-3-5-10-8(12)7-14-9(10)13/h9,11,13H,1-7H2. The van der Waals surface area contributed by atoms with Crippen LogP contribution < -0.4 is 0 Å². The fourth-order valence-corrected chi connectivity index (χ4v) is 2.75. The highest BCUT2D eigenvalue weighted by molar-refractivity contribution is 8.11. The zero-order valence-electron chi connectivity index (χ0n) is 8.19. The highest BCUT2D eigenvalue weighted by Gasteiger charge is 2.27. The molecule has 14 heavy (non-hydrogen) atoms. The summed E-state index contributed by atoms with van der Waals surface area (Å²) >= 11 is 5.90. The Balaban J connectivity index is 2.08. The zero-order valence-corrected chi connectivity index (χ0v) is 9.90. The summed E-state index contributed by atoms with van der Waals surface area (Å²) in [4.78, 5) is 13.1. The molecule has 1 aliphatic heterocycles. The fraction of sp³-hybridized carbons (Fsp3) is 0.889. The van der Waals surface area contributed by atoms with Crippen LogP contribution in [0.1, 0.15) is 25.7 Å². The van der Waals surface area contributed by atoms with E-state index in [4.69, 9.17) is 5.11 Å². The number of rotatable bonds is 6. The summed E-state index contributed by atoms with van der Waals surface area (Å²) in [6.45, 7) is 1.08. The van der Waals surface area contributed by atoms with Crippen molar-refractivity contribution in [2.75, 3.05) is 18.9 Å². The number of carbonyl (C=O) groups excluding carboxylic acids is 1. The summed E-state index contributed by atoms with van der Waals surface area (Å²) in [6.07, 6.45) is 4.01. The van der Waals surface area contributed by atoms with E-state index < -0.39 is 0 Å². The Morgan fingerprint density at radius 2 is 2.14 bits per heavy atom. The van der Waals surface area contributed by atoms with Crippen LogP contribution in [0.5, 0.6) is 0 Å². The number of amides is 1. The molecule has 0 saturated carbocycles. The third kappa shape index (κ3) is 3.71. The largest absolute Gasteiger partial charge is 0.396 e. The summed E-state index contributed by atoms with van der Waals surface area (Å²) in [6, 6.07) is 0. The van der Waals surface area contributed by atoms with E-state index in [1.54, 1.807) is 11.8 Å². The van der Waals surface area contributed by atoms with Gasteiger partial charge in [-0.15, -0.1) is 24.4 Å². The number of hydrogen-bond acceptors (Lipinski definition) is 4. The normalized spacial score (nSPS) is 22.0. The van der Waals surface area contributed by atoms with Gasteiger partial charge in [-0.1, -0.05) is 12.8 Å². The third-order valence-electron chi connectivity index (χ3n) is 2.25. The van der Waals surface area contributed by atoms with E-state index in [0.29, 0.717) is 5.75 Å². The third-order valence-corrected chi connectivity index (χ3v) is 3.94. The first-order chi connectivity index (χ1) is 6.75. The van der Waals surface area contributed by atoms with Crippen molar-refractivity contribution >= 4 is 30.3 Å². The van der Waals surface area contributed by atoms with Gasteiger partial charge in [0.15, 0.2) is 0 Å². The van der Waals surface area contributed by atoms with Crippen molar-refractivity contribution in [1.82, 2.24) is 4.90 Å². The van der Waals surface area contributed by atoms with Crippen LogP contribution in [0.4, 0.5) is 0 Å². The van der Waals surface area contributed by atoms with E-state index in [2.05, 4.69) is 12.6 Å². The second kappa shape index (κ2) is 6.58. The van der Waals surface area contributed by atoms with Gasteiger partial charge in [0.1, 0.15) is 4.71 Å². The van der Waals surface area contributed by atoms with Crippen molar-refractivity contribution in [2.24, 2.45) is 0 Å². The molecule has 0 radical (unpaired) electrons. The summed E-state index contributed by atoms with van der Waals surface area (Å²) in [5, 5.41) is 8.58. The average Bonchev–Trinajstić information content (AvgIpc) is 2.48. The van der Waals surface area contributed by atoms with Gasteiger partial charge in [0.2, 0.25) is 5.91 Å². The van der Waals surface area contributed by atoms with Gasteiger partial charge in [-0.05, 0) is 12.8 Å². The topological polar surface area (TPSA) is 40.5 Å². The van der Waals surface area contributed by atoms with Gasteiger partial charge in [0, 0.05) is 13.2 Å². The molecule has 3 nitrogen and oxygen atoms in total. The Morgan fingerprint density at radius 3 is 2.71 bits per heavy atom. The van der Waals surface area contributed by atoms with Crippen LogP contribution in [-0.4, -0.2) is 39.5 Å². The number of thiol groups is 1. The van der Waals surface area contributed by atoms with E-state index in [0.717, 1.165) is 32.2 Å². The molecular formula is C9H17NO2S2. The Bertz CT molecular complexity index is 190. The minimum atomic E-state index is 0.0559. The van der Waals surface area contributed by atoms with Gasteiger partial charge in [-0.2, -0.15) is 0 Å². The van der Waals surface area contributed by atoms with Gasteiger partial charge < -0.3 is 10.0 Å². The maximum Gasteiger partial charge on any atom is 0.234 e. The predicted molar refractivity (Wildman–Crippen MR) is 62.5 cm³/mol. The molecule has 1 rings (SSSR count). The van der Waals surface area contributed by atoms with E-state index in [1.165, 1.54) is 0 Å². The van der Waals surface area contributed by atoms with Crippen LogP contribution >= 0.6 is 24.4 Å². The minimum absolute atomic E-state index is 0.0559. The first-order valence-electron chi connectivity index (χ1n) is 4.95. The molecule has 1 fully saturated rings.